The van der Waals surface area contributed by atoms with Crippen LogP contribution >= 0.6 is 11.6 Å². The first-order chi connectivity index (χ1) is 12.2. The molecule has 124 valence electrons. The molecule has 0 amide bonds. The Labute approximate surface area is 149 Å². The molecule has 0 fully saturated rings. The highest BCUT2D eigenvalue weighted by Crippen LogP contribution is 2.33. The molecule has 0 spiro atoms. The molecule has 0 unspecified atom stereocenters. The number of nitrogens with zero attached hydrogens (tertiary/aromatic N) is 2. The summed E-state index contributed by atoms with van der Waals surface area (Å²) in [5.74, 6) is -0.282. The van der Waals surface area contributed by atoms with E-state index in [-0.39, 0.29) is 5.82 Å². The Morgan fingerprint density at radius 3 is 2.48 bits per heavy atom. The molecule has 4 rings (SSSR count). The van der Waals surface area contributed by atoms with Crippen LogP contribution in [0.4, 0.5) is 10.1 Å². The number of benzene rings is 2. The zero-order valence-corrected chi connectivity index (χ0v) is 14.3. The van der Waals surface area contributed by atoms with Crippen molar-refractivity contribution in [1.82, 2.24) is 9.61 Å². The largest absolute Gasteiger partial charge is 0.388 e. The van der Waals surface area contributed by atoms with Gasteiger partial charge in [-0.2, -0.15) is 5.10 Å². The minimum atomic E-state index is -0.282. The molecule has 0 radical (unpaired) electrons. The maximum Gasteiger partial charge on any atom is 0.123 e. The van der Waals surface area contributed by atoms with Gasteiger partial charge in [0, 0.05) is 24.5 Å². The van der Waals surface area contributed by atoms with Gasteiger partial charge in [0.25, 0.3) is 0 Å². The number of halogens is 2. The van der Waals surface area contributed by atoms with Gasteiger partial charge in [0.2, 0.25) is 0 Å². The Balaban J connectivity index is 1.83. The zero-order valence-electron chi connectivity index (χ0n) is 13.5. The van der Waals surface area contributed by atoms with E-state index in [4.69, 9.17) is 11.6 Å². The van der Waals surface area contributed by atoms with Gasteiger partial charge in [-0.1, -0.05) is 23.7 Å². The van der Waals surface area contributed by atoms with E-state index in [9.17, 15) is 4.39 Å². The summed E-state index contributed by atoms with van der Waals surface area (Å²) in [6.07, 6.45) is 1.88. The highest BCUT2D eigenvalue weighted by molar-refractivity contribution is 6.36. The molecule has 1 N–H and O–H groups in total. The lowest BCUT2D eigenvalue weighted by molar-refractivity contribution is 0.628. The molecule has 0 aliphatic rings. The van der Waals surface area contributed by atoms with Crippen molar-refractivity contribution in [2.75, 3.05) is 12.4 Å². The van der Waals surface area contributed by atoms with Crippen molar-refractivity contribution in [1.29, 1.82) is 0 Å². The normalized spacial score (nSPS) is 11.0. The molecule has 3 nitrogen and oxygen atoms in total. The molecule has 0 aliphatic heterocycles. The summed E-state index contributed by atoms with van der Waals surface area (Å²) in [6, 6.07) is 18.3. The first-order valence-corrected chi connectivity index (χ1v) is 8.25. The van der Waals surface area contributed by atoms with Crippen LogP contribution in [0.5, 0.6) is 0 Å². The van der Waals surface area contributed by atoms with Crippen molar-refractivity contribution in [3.8, 4) is 22.4 Å². The Kier molecular flexibility index (Phi) is 3.90. The third kappa shape index (κ3) is 2.85. The van der Waals surface area contributed by atoms with Crippen LogP contribution in [-0.4, -0.2) is 16.7 Å². The first-order valence-electron chi connectivity index (χ1n) is 7.88. The molecule has 0 saturated carbocycles. The van der Waals surface area contributed by atoms with E-state index in [0.29, 0.717) is 10.7 Å². The molecule has 0 bridgehead atoms. The summed E-state index contributed by atoms with van der Waals surface area (Å²) in [5.41, 5.74) is 5.43. The van der Waals surface area contributed by atoms with Crippen LogP contribution < -0.4 is 5.32 Å². The predicted octanol–water partition coefficient (Wildman–Crippen LogP) is 5.50. The summed E-state index contributed by atoms with van der Waals surface area (Å²) in [5, 5.41) is 8.23. The number of aromatic nitrogens is 2. The third-order valence-electron chi connectivity index (χ3n) is 4.18. The maximum atomic E-state index is 13.1. The van der Waals surface area contributed by atoms with Crippen molar-refractivity contribution < 1.29 is 4.39 Å². The van der Waals surface area contributed by atoms with Gasteiger partial charge >= 0.3 is 0 Å². The Bertz CT molecular complexity index is 1050. The Morgan fingerprint density at radius 1 is 0.960 bits per heavy atom. The van der Waals surface area contributed by atoms with Crippen LogP contribution in [0.2, 0.25) is 5.02 Å². The lowest BCUT2D eigenvalue weighted by atomic mass is 10.1. The van der Waals surface area contributed by atoms with Gasteiger partial charge in [0.1, 0.15) is 11.5 Å². The van der Waals surface area contributed by atoms with Gasteiger partial charge < -0.3 is 5.32 Å². The third-order valence-corrected chi connectivity index (χ3v) is 4.55. The van der Waals surface area contributed by atoms with Crippen molar-refractivity contribution >= 4 is 22.8 Å². The Hall–Kier alpha value is -2.85. The molecule has 0 atom stereocenters. The molecule has 25 heavy (non-hydrogen) atoms. The van der Waals surface area contributed by atoms with Crippen LogP contribution in [0, 0.1) is 5.82 Å². The van der Waals surface area contributed by atoms with Gasteiger partial charge in [-0.05, 0) is 59.7 Å². The minimum Gasteiger partial charge on any atom is -0.388 e. The van der Waals surface area contributed by atoms with E-state index in [0.717, 1.165) is 27.9 Å². The molecule has 2 heterocycles. The van der Waals surface area contributed by atoms with Gasteiger partial charge in [-0.25, -0.2) is 8.91 Å². The number of nitrogens with one attached hydrogen (secondary N) is 1. The number of fused-ring (bicyclic) bond motifs is 1. The number of anilines is 1. The molecule has 0 aliphatic carbocycles. The van der Waals surface area contributed by atoms with E-state index in [1.165, 1.54) is 12.1 Å². The second kappa shape index (κ2) is 6.22. The number of hydrogen-bond donors (Lipinski definition) is 1. The Morgan fingerprint density at radius 2 is 1.72 bits per heavy atom. The zero-order chi connectivity index (χ0) is 17.4. The molecule has 5 heteroatoms. The topological polar surface area (TPSA) is 29.3 Å². The SMILES string of the molecule is CNc1cccc(-c2ccn3nc(-c4ccc(F)cc4)c(Cl)c3c2)c1. The second-order valence-corrected chi connectivity index (χ2v) is 6.12. The molecule has 0 saturated heterocycles. The average molecular weight is 352 g/mol. The van der Waals surface area contributed by atoms with Crippen molar-refractivity contribution in [3.05, 3.63) is 77.7 Å². The smallest absolute Gasteiger partial charge is 0.123 e. The van der Waals surface area contributed by atoms with Gasteiger partial charge in [-0.3, -0.25) is 0 Å². The number of pyridine rings is 1. The van der Waals surface area contributed by atoms with Gasteiger partial charge in [0.15, 0.2) is 0 Å². The highest BCUT2D eigenvalue weighted by atomic mass is 35.5. The molecular formula is C20H15ClFN3. The molecular weight excluding hydrogens is 337 g/mol. The lowest BCUT2D eigenvalue weighted by Gasteiger charge is -2.05. The summed E-state index contributed by atoms with van der Waals surface area (Å²) in [4.78, 5) is 0. The maximum absolute atomic E-state index is 13.1. The fourth-order valence-electron chi connectivity index (χ4n) is 2.84. The second-order valence-electron chi connectivity index (χ2n) is 5.75. The fourth-order valence-corrected chi connectivity index (χ4v) is 3.13. The summed E-state index contributed by atoms with van der Waals surface area (Å²) in [7, 11) is 1.89. The summed E-state index contributed by atoms with van der Waals surface area (Å²) < 4.78 is 14.9. The van der Waals surface area contributed by atoms with E-state index in [1.807, 2.05) is 37.5 Å². The van der Waals surface area contributed by atoms with Crippen molar-refractivity contribution in [3.63, 3.8) is 0 Å². The number of hydrogen-bond acceptors (Lipinski definition) is 2. The van der Waals surface area contributed by atoms with Crippen LogP contribution in [0.3, 0.4) is 0 Å². The van der Waals surface area contributed by atoms with Crippen LogP contribution in [0.25, 0.3) is 27.9 Å². The fraction of sp³-hybridized carbons (Fsp3) is 0.0500. The monoisotopic (exact) mass is 351 g/mol. The predicted molar refractivity (Wildman–Crippen MR) is 101 cm³/mol. The van der Waals surface area contributed by atoms with E-state index in [1.54, 1.807) is 16.6 Å². The quantitative estimate of drug-likeness (QED) is 0.528. The van der Waals surface area contributed by atoms with Crippen molar-refractivity contribution in [2.24, 2.45) is 0 Å². The van der Waals surface area contributed by atoms with Gasteiger partial charge in [0.05, 0.1) is 10.5 Å². The summed E-state index contributed by atoms with van der Waals surface area (Å²) >= 11 is 6.56. The van der Waals surface area contributed by atoms with Crippen LogP contribution in [0.15, 0.2) is 66.9 Å². The van der Waals surface area contributed by atoms with Crippen LogP contribution in [-0.2, 0) is 0 Å². The van der Waals surface area contributed by atoms with Crippen LogP contribution in [0.1, 0.15) is 0 Å². The van der Waals surface area contributed by atoms with E-state index in [2.05, 4.69) is 22.5 Å². The molecule has 4 aromatic rings. The molecule has 2 aromatic carbocycles. The van der Waals surface area contributed by atoms with E-state index >= 15 is 0 Å². The highest BCUT2D eigenvalue weighted by Gasteiger charge is 2.13. The lowest BCUT2D eigenvalue weighted by Crippen LogP contribution is -1.90. The number of rotatable bonds is 3. The first kappa shape index (κ1) is 15.7. The summed E-state index contributed by atoms with van der Waals surface area (Å²) in [6.45, 7) is 0. The van der Waals surface area contributed by atoms with Gasteiger partial charge in [-0.15, -0.1) is 0 Å². The standard InChI is InChI=1S/C20H15ClFN3/c1-23-17-4-2-3-14(11-17)15-9-10-25-18(12-15)19(21)20(24-25)13-5-7-16(22)8-6-13/h2-12,23H,1H3. The minimum absolute atomic E-state index is 0.282. The average Bonchev–Trinajstić information content (AvgIpc) is 2.98. The van der Waals surface area contributed by atoms with E-state index < -0.39 is 0 Å². The molecule has 2 aromatic heterocycles. The van der Waals surface area contributed by atoms with Crippen molar-refractivity contribution in [2.45, 2.75) is 0 Å².